The number of carbonyl (C=O) groups is 1. The van der Waals surface area contributed by atoms with Gasteiger partial charge in [-0.05, 0) is 0 Å². The van der Waals surface area contributed by atoms with Crippen LogP contribution in [0.2, 0.25) is 0 Å². The third kappa shape index (κ3) is 2.54. The van der Waals surface area contributed by atoms with Crippen LogP contribution in [0, 0.1) is 0 Å². The zero-order valence-electron chi connectivity index (χ0n) is 7.99. The third-order valence-electron chi connectivity index (χ3n) is 1.79. The number of pyridine rings is 1. The van der Waals surface area contributed by atoms with Crippen molar-refractivity contribution in [3.05, 3.63) is 30.1 Å². The molecule has 13 heavy (non-hydrogen) atoms. The lowest BCUT2D eigenvalue weighted by molar-refractivity contribution is -0.697. The summed E-state index contributed by atoms with van der Waals surface area (Å²) >= 11 is 0. The Morgan fingerprint density at radius 3 is 2.54 bits per heavy atom. The molecule has 1 heterocycles. The number of hydrogen-bond donors (Lipinski definition) is 0. The number of rotatable bonds is 3. The number of carbonyl (C=O) groups excluding carboxylic acids is 1. The van der Waals surface area contributed by atoms with Gasteiger partial charge in [0.25, 0.3) is 0 Å². The zero-order valence-corrected chi connectivity index (χ0v) is 7.99. The predicted octanol–water partition coefficient (Wildman–Crippen LogP) is 1.17. The first-order chi connectivity index (χ1) is 6.27. The van der Waals surface area contributed by atoms with E-state index in [9.17, 15) is 4.79 Å². The van der Waals surface area contributed by atoms with Gasteiger partial charge in [0, 0.05) is 18.6 Å². The molecule has 0 unspecified atom stereocenters. The molecule has 0 amide bonds. The second-order valence-corrected chi connectivity index (χ2v) is 2.82. The maximum atomic E-state index is 11.1. The number of methoxy groups -OCH3 is 1. The van der Waals surface area contributed by atoms with Gasteiger partial charge in [0.15, 0.2) is 12.4 Å². The highest BCUT2D eigenvalue weighted by atomic mass is 16.5. The van der Waals surface area contributed by atoms with Crippen molar-refractivity contribution < 1.29 is 14.1 Å². The molecular formula is C10H14NO2+. The average molecular weight is 180 g/mol. The first-order valence-corrected chi connectivity index (χ1v) is 4.35. The van der Waals surface area contributed by atoms with E-state index in [0.717, 1.165) is 13.0 Å². The van der Waals surface area contributed by atoms with Gasteiger partial charge < -0.3 is 4.74 Å². The summed E-state index contributed by atoms with van der Waals surface area (Å²) in [6.07, 6.45) is 4.85. The van der Waals surface area contributed by atoms with E-state index in [1.54, 1.807) is 12.1 Å². The predicted molar refractivity (Wildman–Crippen MR) is 48.3 cm³/mol. The Labute approximate surface area is 78.0 Å². The second kappa shape index (κ2) is 4.60. The van der Waals surface area contributed by atoms with Crippen molar-refractivity contribution in [1.29, 1.82) is 0 Å². The molecule has 3 heteroatoms. The quantitative estimate of drug-likeness (QED) is 0.516. The summed E-state index contributed by atoms with van der Waals surface area (Å²) in [5.74, 6) is -0.288. The Balaban J connectivity index is 2.75. The van der Waals surface area contributed by atoms with E-state index >= 15 is 0 Å². The molecule has 0 bridgehead atoms. The van der Waals surface area contributed by atoms with E-state index in [1.165, 1.54) is 7.11 Å². The fraction of sp³-hybridized carbons (Fsp3) is 0.400. The monoisotopic (exact) mass is 180 g/mol. The molecule has 0 atom stereocenters. The highest BCUT2D eigenvalue weighted by Gasteiger charge is 2.06. The van der Waals surface area contributed by atoms with Crippen LogP contribution in [-0.4, -0.2) is 13.1 Å². The number of aromatic nitrogens is 1. The molecule has 0 aliphatic heterocycles. The van der Waals surface area contributed by atoms with E-state index in [1.807, 2.05) is 17.0 Å². The summed E-state index contributed by atoms with van der Waals surface area (Å²) in [7, 11) is 1.38. The minimum absolute atomic E-state index is 0.288. The molecule has 0 aromatic carbocycles. The highest BCUT2D eigenvalue weighted by Crippen LogP contribution is 1.96. The Bertz CT molecular complexity index is 279. The van der Waals surface area contributed by atoms with Crippen molar-refractivity contribution in [3.8, 4) is 0 Å². The van der Waals surface area contributed by atoms with E-state index in [-0.39, 0.29) is 5.97 Å². The maximum Gasteiger partial charge on any atom is 0.338 e. The van der Waals surface area contributed by atoms with Crippen molar-refractivity contribution in [2.45, 2.75) is 19.9 Å². The van der Waals surface area contributed by atoms with Crippen LogP contribution in [0.3, 0.4) is 0 Å². The lowest BCUT2D eigenvalue weighted by atomic mass is 10.3. The molecule has 0 saturated carbocycles. The molecule has 0 fully saturated rings. The summed E-state index contributed by atoms with van der Waals surface area (Å²) in [4.78, 5) is 11.1. The smallest absolute Gasteiger partial charge is 0.338 e. The van der Waals surface area contributed by atoms with Crippen LogP contribution >= 0.6 is 0 Å². The summed E-state index contributed by atoms with van der Waals surface area (Å²) < 4.78 is 6.62. The van der Waals surface area contributed by atoms with E-state index < -0.39 is 0 Å². The number of esters is 1. The molecule has 0 N–H and O–H groups in total. The lowest BCUT2D eigenvalue weighted by Gasteiger charge is -1.97. The summed E-state index contributed by atoms with van der Waals surface area (Å²) in [5, 5.41) is 0. The molecule has 70 valence electrons. The van der Waals surface area contributed by atoms with Crippen LogP contribution in [0.15, 0.2) is 24.5 Å². The van der Waals surface area contributed by atoms with Crippen LogP contribution in [0.4, 0.5) is 0 Å². The second-order valence-electron chi connectivity index (χ2n) is 2.82. The first-order valence-electron chi connectivity index (χ1n) is 4.35. The minimum Gasteiger partial charge on any atom is -0.465 e. The number of nitrogens with zero attached hydrogens (tertiary/aromatic N) is 1. The summed E-state index contributed by atoms with van der Waals surface area (Å²) in [6, 6.07) is 3.53. The van der Waals surface area contributed by atoms with Crippen LogP contribution in [0.5, 0.6) is 0 Å². The molecule has 0 aliphatic carbocycles. The van der Waals surface area contributed by atoms with Crippen molar-refractivity contribution in [2.75, 3.05) is 7.11 Å². The van der Waals surface area contributed by atoms with Gasteiger partial charge in [0.2, 0.25) is 0 Å². The number of aryl methyl sites for hydroxylation is 1. The van der Waals surface area contributed by atoms with Gasteiger partial charge in [-0.25, -0.2) is 9.36 Å². The standard InChI is InChI=1S/C10H14NO2/c1-3-6-11-7-4-9(5-8-11)10(12)13-2/h4-5,7-8H,3,6H2,1-2H3/q+1. The van der Waals surface area contributed by atoms with Gasteiger partial charge in [0.05, 0.1) is 12.7 Å². The van der Waals surface area contributed by atoms with Crippen LogP contribution in [0.25, 0.3) is 0 Å². The Morgan fingerprint density at radius 2 is 2.08 bits per heavy atom. The Hall–Kier alpha value is -1.38. The van der Waals surface area contributed by atoms with Gasteiger partial charge in [-0.2, -0.15) is 0 Å². The van der Waals surface area contributed by atoms with Crippen molar-refractivity contribution in [2.24, 2.45) is 0 Å². The molecule has 0 saturated heterocycles. The highest BCUT2D eigenvalue weighted by molar-refractivity contribution is 5.88. The van der Waals surface area contributed by atoms with E-state index in [0.29, 0.717) is 5.56 Å². The number of hydrogen-bond acceptors (Lipinski definition) is 2. The van der Waals surface area contributed by atoms with Crippen molar-refractivity contribution in [1.82, 2.24) is 0 Å². The van der Waals surface area contributed by atoms with Gasteiger partial charge in [-0.1, -0.05) is 6.92 Å². The zero-order chi connectivity index (χ0) is 9.68. The largest absolute Gasteiger partial charge is 0.465 e. The van der Waals surface area contributed by atoms with Crippen molar-refractivity contribution >= 4 is 5.97 Å². The van der Waals surface area contributed by atoms with Crippen LogP contribution < -0.4 is 4.57 Å². The van der Waals surface area contributed by atoms with Gasteiger partial charge in [-0.15, -0.1) is 0 Å². The Kier molecular flexibility index (Phi) is 3.43. The maximum absolute atomic E-state index is 11.1. The van der Waals surface area contributed by atoms with Crippen LogP contribution in [-0.2, 0) is 11.3 Å². The van der Waals surface area contributed by atoms with E-state index in [2.05, 4.69) is 11.7 Å². The topological polar surface area (TPSA) is 30.2 Å². The van der Waals surface area contributed by atoms with Gasteiger partial charge in [-0.3, -0.25) is 0 Å². The Morgan fingerprint density at radius 1 is 1.46 bits per heavy atom. The molecular weight excluding hydrogens is 166 g/mol. The molecule has 0 spiro atoms. The SMILES string of the molecule is CCC[n+]1ccc(C(=O)OC)cc1. The molecule has 1 aromatic heterocycles. The van der Waals surface area contributed by atoms with Gasteiger partial charge in [0.1, 0.15) is 6.54 Å². The normalized spacial score (nSPS) is 9.69. The fourth-order valence-corrected chi connectivity index (χ4v) is 1.12. The van der Waals surface area contributed by atoms with Crippen molar-refractivity contribution in [3.63, 3.8) is 0 Å². The van der Waals surface area contributed by atoms with E-state index in [4.69, 9.17) is 0 Å². The average Bonchev–Trinajstić information content (AvgIpc) is 2.18. The number of ether oxygens (including phenoxy) is 1. The summed E-state index contributed by atoms with van der Waals surface area (Å²) in [5.41, 5.74) is 0.592. The molecule has 0 aliphatic rings. The summed E-state index contributed by atoms with van der Waals surface area (Å²) in [6.45, 7) is 3.09. The molecule has 1 rings (SSSR count). The minimum atomic E-state index is -0.288. The molecule has 3 nitrogen and oxygen atoms in total. The van der Waals surface area contributed by atoms with Gasteiger partial charge >= 0.3 is 5.97 Å². The molecule has 1 aromatic rings. The third-order valence-corrected chi connectivity index (χ3v) is 1.79. The first kappa shape index (κ1) is 9.71. The van der Waals surface area contributed by atoms with Crippen LogP contribution in [0.1, 0.15) is 23.7 Å². The molecule has 0 radical (unpaired) electrons. The fourth-order valence-electron chi connectivity index (χ4n) is 1.12. The lowest BCUT2D eigenvalue weighted by Crippen LogP contribution is -2.32.